The molecule has 2 N–H and O–H groups in total. The Morgan fingerprint density at radius 1 is 1.61 bits per heavy atom. The van der Waals surface area contributed by atoms with Gasteiger partial charge in [-0.15, -0.1) is 0 Å². The zero-order valence-electron chi connectivity index (χ0n) is 10.5. The molecule has 0 fully saturated rings. The fraction of sp³-hybridized carbons (Fsp3) is 0.417. The van der Waals surface area contributed by atoms with Crippen LogP contribution in [0.25, 0.3) is 0 Å². The highest BCUT2D eigenvalue weighted by Crippen LogP contribution is 2.13. The van der Waals surface area contributed by atoms with E-state index in [-0.39, 0.29) is 12.5 Å². The minimum atomic E-state index is -0.300. The summed E-state index contributed by atoms with van der Waals surface area (Å²) in [7, 11) is 1.37. The van der Waals surface area contributed by atoms with Gasteiger partial charge >= 0.3 is 5.97 Å². The minimum Gasteiger partial charge on any atom is -0.468 e. The quantitative estimate of drug-likeness (QED) is 0.615. The van der Waals surface area contributed by atoms with Crippen LogP contribution in [0.1, 0.15) is 18.9 Å². The number of nitrogens with zero attached hydrogens (tertiary/aromatic N) is 2. The largest absolute Gasteiger partial charge is 0.468 e. The van der Waals surface area contributed by atoms with Gasteiger partial charge in [0.05, 0.1) is 7.11 Å². The lowest BCUT2D eigenvalue weighted by atomic mass is 10.2. The summed E-state index contributed by atoms with van der Waals surface area (Å²) in [4.78, 5) is 17.7. The van der Waals surface area contributed by atoms with E-state index in [1.54, 1.807) is 18.3 Å². The van der Waals surface area contributed by atoms with Crippen molar-refractivity contribution in [3.63, 3.8) is 0 Å². The van der Waals surface area contributed by atoms with Crippen LogP contribution in [-0.4, -0.2) is 36.1 Å². The summed E-state index contributed by atoms with van der Waals surface area (Å²) in [5, 5.41) is 0. The van der Waals surface area contributed by atoms with E-state index in [1.165, 1.54) is 7.11 Å². The molecule has 0 atom stereocenters. The second kappa shape index (κ2) is 6.90. The number of carbonyl (C=O) groups is 1. The number of methoxy groups -OCH3 is 1. The highest BCUT2D eigenvalue weighted by Gasteiger charge is 2.13. The van der Waals surface area contributed by atoms with Gasteiger partial charge in [-0.2, -0.15) is 0 Å². The number of ether oxygens (including phenoxy) is 1. The van der Waals surface area contributed by atoms with Gasteiger partial charge in [-0.25, -0.2) is 4.98 Å². The van der Waals surface area contributed by atoms with Crippen LogP contribution in [0, 0.1) is 0 Å². The number of nitrogens with two attached hydrogens (primary N) is 1. The summed E-state index contributed by atoms with van der Waals surface area (Å²) in [5.41, 5.74) is 6.31. The van der Waals surface area contributed by atoms with Gasteiger partial charge in [-0.05, 0) is 18.6 Å². The maximum atomic E-state index is 11.3. The number of hydrogen-bond acceptors (Lipinski definition) is 5. The molecule has 0 saturated carbocycles. The van der Waals surface area contributed by atoms with E-state index in [4.69, 9.17) is 18.0 Å². The first-order valence-corrected chi connectivity index (χ1v) is 6.07. The van der Waals surface area contributed by atoms with Crippen molar-refractivity contribution in [2.75, 3.05) is 25.1 Å². The molecular formula is C12H17N3O2S. The summed E-state index contributed by atoms with van der Waals surface area (Å²) in [6, 6.07) is 3.52. The fourth-order valence-electron chi connectivity index (χ4n) is 1.51. The molecule has 98 valence electrons. The highest BCUT2D eigenvalue weighted by molar-refractivity contribution is 7.80. The van der Waals surface area contributed by atoms with Crippen LogP contribution < -0.4 is 10.6 Å². The first kappa shape index (κ1) is 14.4. The van der Waals surface area contributed by atoms with Gasteiger partial charge in [0.25, 0.3) is 0 Å². The topological polar surface area (TPSA) is 68.5 Å². The standard InChI is InChI=1S/C12H17N3O2S/c1-3-6-15(8-11(16)17-2)10-7-9(12(13)18)4-5-14-10/h4-5,7H,3,6,8H2,1-2H3,(H2,13,18). The molecule has 1 heterocycles. The summed E-state index contributed by atoms with van der Waals surface area (Å²) >= 11 is 4.92. The number of thiocarbonyl (C=S) groups is 1. The minimum absolute atomic E-state index is 0.165. The van der Waals surface area contributed by atoms with Crippen molar-refractivity contribution in [1.82, 2.24) is 4.98 Å². The molecule has 1 aromatic rings. The highest BCUT2D eigenvalue weighted by atomic mass is 32.1. The number of anilines is 1. The molecule has 0 aliphatic carbocycles. The Morgan fingerprint density at radius 3 is 2.89 bits per heavy atom. The SMILES string of the molecule is CCCN(CC(=O)OC)c1cc(C(N)=S)ccn1. The predicted octanol–water partition coefficient (Wildman–Crippen LogP) is 1.11. The molecule has 6 heteroatoms. The summed E-state index contributed by atoms with van der Waals surface area (Å²) < 4.78 is 4.67. The molecule has 1 aromatic heterocycles. The molecule has 1 rings (SSSR count). The van der Waals surface area contributed by atoms with Crippen LogP contribution in [0.15, 0.2) is 18.3 Å². The molecule has 5 nitrogen and oxygen atoms in total. The van der Waals surface area contributed by atoms with E-state index in [9.17, 15) is 4.79 Å². The third-order valence-electron chi connectivity index (χ3n) is 2.40. The molecule has 0 unspecified atom stereocenters. The normalized spacial score (nSPS) is 9.89. The van der Waals surface area contributed by atoms with Crippen LogP contribution in [0.4, 0.5) is 5.82 Å². The molecule has 0 aliphatic heterocycles. The summed E-state index contributed by atoms with van der Waals surface area (Å²) in [6.07, 6.45) is 2.53. The van der Waals surface area contributed by atoms with E-state index in [0.29, 0.717) is 17.4 Å². The molecule has 0 bridgehead atoms. The number of hydrogen-bond donors (Lipinski definition) is 1. The van der Waals surface area contributed by atoms with Crippen molar-refractivity contribution in [3.05, 3.63) is 23.9 Å². The first-order valence-electron chi connectivity index (χ1n) is 5.66. The Labute approximate surface area is 112 Å². The molecule has 0 aromatic carbocycles. The lowest BCUT2D eigenvalue weighted by molar-refractivity contribution is -0.138. The zero-order valence-corrected chi connectivity index (χ0v) is 11.4. The second-order valence-electron chi connectivity index (χ2n) is 3.76. The predicted molar refractivity (Wildman–Crippen MR) is 74.6 cm³/mol. The average molecular weight is 267 g/mol. The molecule has 0 radical (unpaired) electrons. The van der Waals surface area contributed by atoms with E-state index in [2.05, 4.69) is 9.72 Å². The van der Waals surface area contributed by atoms with E-state index >= 15 is 0 Å². The Kier molecular flexibility index (Phi) is 5.51. The van der Waals surface area contributed by atoms with Crippen LogP contribution in [0.5, 0.6) is 0 Å². The van der Waals surface area contributed by atoms with Gasteiger partial charge in [-0.1, -0.05) is 19.1 Å². The number of aromatic nitrogens is 1. The number of esters is 1. The molecule has 0 aliphatic rings. The Morgan fingerprint density at radius 2 is 2.33 bits per heavy atom. The summed E-state index contributed by atoms with van der Waals surface area (Å²) in [5.74, 6) is 0.374. The van der Waals surface area contributed by atoms with Crippen molar-refractivity contribution in [1.29, 1.82) is 0 Å². The van der Waals surface area contributed by atoms with Crippen LogP contribution in [-0.2, 0) is 9.53 Å². The van der Waals surface area contributed by atoms with Gasteiger partial charge in [0.15, 0.2) is 0 Å². The van der Waals surface area contributed by atoms with Crippen LogP contribution in [0.3, 0.4) is 0 Å². The monoisotopic (exact) mass is 267 g/mol. The lowest BCUT2D eigenvalue weighted by Crippen LogP contribution is -2.32. The molecular weight excluding hydrogens is 250 g/mol. The number of carbonyl (C=O) groups excluding carboxylic acids is 1. The third-order valence-corrected chi connectivity index (χ3v) is 2.63. The molecule has 0 saturated heterocycles. The Balaban J connectivity index is 2.94. The van der Waals surface area contributed by atoms with Crippen molar-refractivity contribution in [2.24, 2.45) is 5.73 Å². The van der Waals surface area contributed by atoms with Gasteiger partial charge in [0, 0.05) is 18.3 Å². The molecule has 0 spiro atoms. The first-order chi connectivity index (χ1) is 8.58. The molecule has 0 amide bonds. The van der Waals surface area contributed by atoms with Gasteiger partial charge < -0.3 is 15.4 Å². The molecule has 18 heavy (non-hydrogen) atoms. The smallest absolute Gasteiger partial charge is 0.325 e. The Hall–Kier alpha value is -1.69. The fourth-order valence-corrected chi connectivity index (χ4v) is 1.64. The van der Waals surface area contributed by atoms with E-state index in [0.717, 1.165) is 12.0 Å². The summed E-state index contributed by atoms with van der Waals surface area (Å²) in [6.45, 7) is 2.91. The van der Waals surface area contributed by atoms with E-state index in [1.807, 2.05) is 11.8 Å². The van der Waals surface area contributed by atoms with Gasteiger partial charge in [0.1, 0.15) is 17.4 Å². The zero-order chi connectivity index (χ0) is 13.5. The van der Waals surface area contributed by atoms with Crippen molar-refractivity contribution in [2.45, 2.75) is 13.3 Å². The average Bonchev–Trinajstić information content (AvgIpc) is 2.38. The van der Waals surface area contributed by atoms with E-state index < -0.39 is 0 Å². The van der Waals surface area contributed by atoms with Gasteiger partial charge in [-0.3, -0.25) is 4.79 Å². The number of pyridine rings is 1. The van der Waals surface area contributed by atoms with Crippen LogP contribution >= 0.6 is 12.2 Å². The van der Waals surface area contributed by atoms with Crippen molar-refractivity contribution < 1.29 is 9.53 Å². The third kappa shape index (κ3) is 3.96. The second-order valence-corrected chi connectivity index (χ2v) is 4.20. The van der Waals surface area contributed by atoms with Crippen molar-refractivity contribution in [3.8, 4) is 0 Å². The Bertz CT molecular complexity index is 437. The van der Waals surface area contributed by atoms with Gasteiger partial charge in [0.2, 0.25) is 0 Å². The van der Waals surface area contributed by atoms with Crippen LogP contribution in [0.2, 0.25) is 0 Å². The number of rotatable bonds is 6. The maximum absolute atomic E-state index is 11.3. The van der Waals surface area contributed by atoms with Crippen molar-refractivity contribution >= 4 is 29.0 Å². The maximum Gasteiger partial charge on any atom is 0.325 e. The lowest BCUT2D eigenvalue weighted by Gasteiger charge is -2.22.